The summed E-state index contributed by atoms with van der Waals surface area (Å²) in [5, 5.41) is 3.31. The molecule has 1 aromatic carbocycles. The number of rotatable bonds is 5. The molecule has 0 spiro atoms. The summed E-state index contributed by atoms with van der Waals surface area (Å²) in [7, 11) is 0. The van der Waals surface area contributed by atoms with E-state index in [4.69, 9.17) is 0 Å². The van der Waals surface area contributed by atoms with E-state index in [1.54, 1.807) is 0 Å². The van der Waals surface area contributed by atoms with E-state index in [-0.39, 0.29) is 6.67 Å². The molecular weight excluding hydrogens is 277 g/mol. The Labute approximate surface area is 132 Å². The van der Waals surface area contributed by atoms with Gasteiger partial charge in [-0.2, -0.15) is 0 Å². The van der Waals surface area contributed by atoms with E-state index in [0.717, 1.165) is 38.4 Å². The molecule has 1 aliphatic heterocycles. The van der Waals surface area contributed by atoms with E-state index in [1.165, 1.54) is 11.1 Å². The normalized spacial score (nSPS) is 15.8. The van der Waals surface area contributed by atoms with Crippen molar-refractivity contribution in [3.8, 4) is 0 Å². The number of piperidine rings is 1. The summed E-state index contributed by atoms with van der Waals surface area (Å²) in [5.41, 5.74) is 2.76. The van der Waals surface area contributed by atoms with Crippen LogP contribution in [0.25, 0.3) is 6.08 Å². The number of alkyl halides is 1. The second kappa shape index (κ2) is 9.23. The molecule has 2 rings (SSSR count). The van der Waals surface area contributed by atoms with E-state index < -0.39 is 0 Å². The fraction of sp³-hybridized carbons (Fsp3) is 0.500. The molecule has 1 fully saturated rings. The Morgan fingerprint density at radius 2 is 2.00 bits per heavy atom. The van der Waals surface area contributed by atoms with Gasteiger partial charge in [-0.05, 0) is 31.7 Å². The summed E-state index contributed by atoms with van der Waals surface area (Å²) < 4.78 is 12.2. The average Bonchev–Trinajstić information content (AvgIpc) is 2.56. The predicted octanol–water partition coefficient (Wildman–Crippen LogP) is 3.49. The van der Waals surface area contributed by atoms with Crippen molar-refractivity contribution in [1.29, 1.82) is 0 Å². The van der Waals surface area contributed by atoms with E-state index in [1.807, 2.05) is 6.07 Å². The first-order valence-electron chi connectivity index (χ1n) is 8.17. The van der Waals surface area contributed by atoms with Gasteiger partial charge in [0.25, 0.3) is 0 Å². The first-order chi connectivity index (χ1) is 10.8. The van der Waals surface area contributed by atoms with Crippen molar-refractivity contribution in [2.45, 2.75) is 26.2 Å². The van der Waals surface area contributed by atoms with Gasteiger partial charge < -0.3 is 10.2 Å². The van der Waals surface area contributed by atoms with Crippen LogP contribution in [-0.4, -0.2) is 43.7 Å². The van der Waals surface area contributed by atoms with Crippen LogP contribution in [0, 0.1) is 0 Å². The van der Waals surface area contributed by atoms with E-state index in [0.29, 0.717) is 13.0 Å². The second-order valence-corrected chi connectivity index (χ2v) is 5.48. The van der Waals surface area contributed by atoms with Crippen LogP contribution in [0.2, 0.25) is 0 Å². The van der Waals surface area contributed by atoms with Gasteiger partial charge >= 0.3 is 0 Å². The van der Waals surface area contributed by atoms with E-state index in [9.17, 15) is 4.39 Å². The summed E-state index contributed by atoms with van der Waals surface area (Å²) in [6.07, 6.45) is 4.91. The highest BCUT2D eigenvalue weighted by molar-refractivity contribution is 5.80. The number of benzene rings is 1. The highest BCUT2D eigenvalue weighted by Crippen LogP contribution is 2.19. The lowest BCUT2D eigenvalue weighted by Gasteiger charge is -2.31. The molecular formula is C18H26FN3. The topological polar surface area (TPSA) is 27.6 Å². The lowest BCUT2D eigenvalue weighted by Crippen LogP contribution is -2.44. The maximum absolute atomic E-state index is 12.2. The van der Waals surface area contributed by atoms with Crippen molar-refractivity contribution in [3.63, 3.8) is 0 Å². The summed E-state index contributed by atoms with van der Waals surface area (Å²) >= 11 is 0. The number of aliphatic imine (C=N–C) groups is 1. The van der Waals surface area contributed by atoms with Gasteiger partial charge in [0.05, 0.1) is 6.67 Å². The minimum absolute atomic E-state index is 0.299. The number of nitrogens with one attached hydrogen (secondary N) is 1. The quantitative estimate of drug-likeness (QED) is 0.512. The van der Waals surface area contributed by atoms with Crippen LogP contribution in [0.5, 0.6) is 0 Å². The minimum atomic E-state index is -0.299. The van der Waals surface area contributed by atoms with Crippen molar-refractivity contribution in [2.75, 3.05) is 32.9 Å². The summed E-state index contributed by atoms with van der Waals surface area (Å²) in [6.45, 7) is 5.11. The van der Waals surface area contributed by atoms with Crippen LogP contribution in [0.4, 0.5) is 4.39 Å². The van der Waals surface area contributed by atoms with Gasteiger partial charge in [-0.1, -0.05) is 42.0 Å². The standard InChI is InChI=1S/C18H26FN3/c1-2-20-18(21-12-6-11-19)22-13-9-17(10-14-22)15-16-7-4-3-5-8-16/h3-5,7-8,15H,2,6,9-14H2,1H3,(H,20,21). The lowest BCUT2D eigenvalue weighted by molar-refractivity contribution is 0.374. The molecule has 1 aromatic rings. The van der Waals surface area contributed by atoms with Gasteiger partial charge in [-0.3, -0.25) is 9.38 Å². The van der Waals surface area contributed by atoms with Crippen LogP contribution in [-0.2, 0) is 0 Å². The van der Waals surface area contributed by atoms with Crippen molar-refractivity contribution >= 4 is 12.0 Å². The number of hydrogen-bond acceptors (Lipinski definition) is 1. The minimum Gasteiger partial charge on any atom is -0.357 e. The molecule has 1 N–H and O–H groups in total. The van der Waals surface area contributed by atoms with E-state index in [2.05, 4.69) is 52.5 Å². The van der Waals surface area contributed by atoms with E-state index >= 15 is 0 Å². The van der Waals surface area contributed by atoms with Gasteiger partial charge in [0.1, 0.15) is 0 Å². The number of nitrogens with zero attached hydrogens (tertiary/aromatic N) is 2. The zero-order valence-corrected chi connectivity index (χ0v) is 13.4. The van der Waals surface area contributed by atoms with Crippen LogP contribution in [0.1, 0.15) is 31.7 Å². The van der Waals surface area contributed by atoms with Gasteiger partial charge in [0.15, 0.2) is 5.96 Å². The third kappa shape index (κ3) is 5.17. The molecule has 0 radical (unpaired) electrons. The Kier molecular flexibility index (Phi) is 6.94. The maximum Gasteiger partial charge on any atom is 0.193 e. The van der Waals surface area contributed by atoms with Gasteiger partial charge in [0, 0.05) is 26.2 Å². The third-order valence-corrected chi connectivity index (χ3v) is 3.76. The van der Waals surface area contributed by atoms with Gasteiger partial charge in [-0.25, -0.2) is 0 Å². The summed E-state index contributed by atoms with van der Waals surface area (Å²) in [6, 6.07) is 10.5. The Morgan fingerprint density at radius 3 is 2.64 bits per heavy atom. The maximum atomic E-state index is 12.2. The van der Waals surface area contributed by atoms with Crippen molar-refractivity contribution in [3.05, 3.63) is 41.5 Å². The molecule has 120 valence electrons. The molecule has 0 unspecified atom stereocenters. The molecule has 0 aliphatic carbocycles. The zero-order valence-electron chi connectivity index (χ0n) is 13.4. The first kappa shape index (κ1) is 16.5. The number of guanidine groups is 1. The Hall–Kier alpha value is -1.84. The van der Waals surface area contributed by atoms with Crippen molar-refractivity contribution in [2.24, 2.45) is 4.99 Å². The SMILES string of the molecule is CCNC(=NCCCF)N1CCC(=Cc2ccccc2)CC1. The fourth-order valence-electron chi connectivity index (χ4n) is 2.61. The largest absolute Gasteiger partial charge is 0.357 e. The Morgan fingerprint density at radius 1 is 1.27 bits per heavy atom. The smallest absolute Gasteiger partial charge is 0.193 e. The predicted molar refractivity (Wildman–Crippen MR) is 91.8 cm³/mol. The lowest BCUT2D eigenvalue weighted by atomic mass is 10.0. The molecule has 0 atom stereocenters. The number of likely N-dealkylation sites (tertiary alicyclic amines) is 1. The highest BCUT2D eigenvalue weighted by Gasteiger charge is 2.16. The van der Waals surface area contributed by atoms with Crippen LogP contribution in [0.15, 0.2) is 40.9 Å². The van der Waals surface area contributed by atoms with Crippen molar-refractivity contribution < 1.29 is 4.39 Å². The summed E-state index contributed by atoms with van der Waals surface area (Å²) in [5.74, 6) is 0.926. The van der Waals surface area contributed by atoms with Crippen molar-refractivity contribution in [1.82, 2.24) is 10.2 Å². The van der Waals surface area contributed by atoms with Gasteiger partial charge in [-0.15, -0.1) is 0 Å². The third-order valence-electron chi connectivity index (χ3n) is 3.76. The monoisotopic (exact) mass is 303 g/mol. The molecule has 0 aromatic heterocycles. The fourth-order valence-corrected chi connectivity index (χ4v) is 2.61. The van der Waals surface area contributed by atoms with Gasteiger partial charge in [0.2, 0.25) is 0 Å². The second-order valence-electron chi connectivity index (χ2n) is 5.48. The van der Waals surface area contributed by atoms with Crippen LogP contribution >= 0.6 is 0 Å². The Bertz CT molecular complexity index is 486. The molecule has 1 heterocycles. The molecule has 0 bridgehead atoms. The highest BCUT2D eigenvalue weighted by atomic mass is 19.1. The number of hydrogen-bond donors (Lipinski definition) is 1. The number of halogens is 1. The molecule has 0 saturated carbocycles. The summed E-state index contributed by atoms with van der Waals surface area (Å²) in [4.78, 5) is 6.79. The Balaban J connectivity index is 1.92. The molecule has 1 aliphatic rings. The average molecular weight is 303 g/mol. The zero-order chi connectivity index (χ0) is 15.6. The molecule has 22 heavy (non-hydrogen) atoms. The molecule has 0 amide bonds. The molecule has 4 heteroatoms. The van der Waals surface area contributed by atoms with Crippen LogP contribution in [0.3, 0.4) is 0 Å². The first-order valence-corrected chi connectivity index (χ1v) is 8.17. The molecule has 3 nitrogen and oxygen atoms in total. The van der Waals surface area contributed by atoms with Crippen LogP contribution < -0.4 is 5.32 Å². The molecule has 1 saturated heterocycles.